The zero-order valence-corrected chi connectivity index (χ0v) is 21.1. The fourth-order valence-corrected chi connectivity index (χ4v) is 4.65. The predicted octanol–water partition coefficient (Wildman–Crippen LogP) is 4.27. The molecule has 3 heterocycles. The summed E-state index contributed by atoms with van der Waals surface area (Å²) in [5.74, 6) is -0.423. The smallest absolute Gasteiger partial charge is 0.281 e. The van der Waals surface area contributed by atoms with Crippen LogP contribution in [0.15, 0.2) is 65.8 Å². The van der Waals surface area contributed by atoms with Gasteiger partial charge in [-0.05, 0) is 75.2 Å². The van der Waals surface area contributed by atoms with Gasteiger partial charge in [0.25, 0.3) is 15.9 Å². The van der Waals surface area contributed by atoms with Crippen molar-refractivity contribution in [3.63, 3.8) is 0 Å². The van der Waals surface area contributed by atoms with Crippen LogP contribution in [-0.2, 0) is 10.0 Å². The minimum absolute atomic E-state index is 0.0115. The van der Waals surface area contributed by atoms with Crippen LogP contribution in [0.1, 0.15) is 32.7 Å². The van der Waals surface area contributed by atoms with Crippen LogP contribution in [0.4, 0.5) is 5.82 Å². The van der Waals surface area contributed by atoms with Crippen LogP contribution in [0, 0.1) is 27.7 Å². The molecule has 1 aromatic carbocycles. The van der Waals surface area contributed by atoms with E-state index in [-0.39, 0.29) is 22.3 Å². The van der Waals surface area contributed by atoms with Gasteiger partial charge in [-0.25, -0.2) is 14.7 Å². The third-order valence-electron chi connectivity index (χ3n) is 5.36. The number of nitrogens with zero attached hydrogens (tertiary/aromatic N) is 3. The van der Waals surface area contributed by atoms with Crippen LogP contribution < -0.4 is 15.2 Å². The molecule has 184 valence electrons. The van der Waals surface area contributed by atoms with Gasteiger partial charge in [0, 0.05) is 17.5 Å². The fourth-order valence-electron chi connectivity index (χ4n) is 3.71. The lowest BCUT2D eigenvalue weighted by molar-refractivity contribution is 0.0978. The number of aromatic nitrogens is 3. The summed E-state index contributed by atoms with van der Waals surface area (Å²) >= 11 is 0. The van der Waals surface area contributed by atoms with E-state index >= 15 is 0 Å². The number of ether oxygens (including phenoxy) is 1. The van der Waals surface area contributed by atoms with E-state index in [9.17, 15) is 13.2 Å². The highest BCUT2D eigenvalue weighted by molar-refractivity contribution is 7.90. The molecule has 0 aliphatic carbocycles. The Balaban J connectivity index is 1.77. The number of nitrogens with one attached hydrogen (secondary N) is 1. The van der Waals surface area contributed by atoms with Crippen LogP contribution in [0.5, 0.6) is 11.6 Å². The molecule has 9 nitrogen and oxygen atoms in total. The second kappa shape index (κ2) is 9.74. The fraction of sp³-hybridized carbons (Fsp3) is 0.154. The molecule has 0 aliphatic heterocycles. The lowest BCUT2D eigenvalue weighted by Gasteiger charge is -2.16. The van der Waals surface area contributed by atoms with E-state index in [1.54, 1.807) is 12.3 Å². The first-order chi connectivity index (χ1) is 17.0. The number of rotatable bonds is 6. The molecule has 0 fully saturated rings. The normalized spacial score (nSPS) is 11.2. The number of pyridine rings is 3. The molecule has 0 unspecified atom stereocenters. The largest absolute Gasteiger partial charge is 0.438 e. The number of nitrogens with two attached hydrogens (primary N) is 1. The number of benzene rings is 1. The summed E-state index contributed by atoms with van der Waals surface area (Å²) in [6, 6.07) is 14.8. The molecule has 10 heteroatoms. The van der Waals surface area contributed by atoms with Crippen molar-refractivity contribution in [3.05, 3.63) is 88.7 Å². The highest BCUT2D eigenvalue weighted by Crippen LogP contribution is 2.32. The first-order valence-corrected chi connectivity index (χ1v) is 12.5. The zero-order valence-electron chi connectivity index (χ0n) is 20.2. The molecule has 4 rings (SSSR count). The van der Waals surface area contributed by atoms with Crippen molar-refractivity contribution in [1.82, 2.24) is 19.7 Å². The van der Waals surface area contributed by atoms with Crippen molar-refractivity contribution in [3.8, 4) is 22.9 Å². The van der Waals surface area contributed by atoms with E-state index < -0.39 is 15.9 Å². The molecule has 0 spiro atoms. The van der Waals surface area contributed by atoms with E-state index in [2.05, 4.69) is 15.0 Å². The average molecular weight is 504 g/mol. The van der Waals surface area contributed by atoms with E-state index in [1.165, 1.54) is 24.3 Å². The average Bonchev–Trinajstić information content (AvgIpc) is 2.81. The predicted molar refractivity (Wildman–Crippen MR) is 136 cm³/mol. The first kappa shape index (κ1) is 24.8. The summed E-state index contributed by atoms with van der Waals surface area (Å²) in [5, 5.41) is -0.376. The van der Waals surface area contributed by atoms with E-state index in [1.807, 2.05) is 56.7 Å². The lowest BCUT2D eigenvalue weighted by Crippen LogP contribution is -2.31. The number of hydrogen-bond acceptors (Lipinski definition) is 8. The second-order valence-corrected chi connectivity index (χ2v) is 10.0. The van der Waals surface area contributed by atoms with Gasteiger partial charge in [-0.2, -0.15) is 8.42 Å². The molecular formula is C26H25N5O4S. The quantitative estimate of drug-likeness (QED) is 0.398. The van der Waals surface area contributed by atoms with Gasteiger partial charge < -0.3 is 10.5 Å². The molecule has 0 bridgehead atoms. The molecule has 0 aliphatic rings. The molecule has 3 N–H and O–H groups in total. The molecule has 0 radical (unpaired) electrons. The highest BCUT2D eigenvalue weighted by atomic mass is 32.2. The SMILES string of the molecule is Cc1cc(C)c(Oc2nc(-c3ccc(C)nc3)ccc2C(=O)NS(=O)(=O)c2cccc(N)n2)c(C)c1. The van der Waals surface area contributed by atoms with Crippen LogP contribution in [-0.4, -0.2) is 29.3 Å². The van der Waals surface area contributed by atoms with Crippen molar-refractivity contribution in [2.75, 3.05) is 5.73 Å². The van der Waals surface area contributed by atoms with Crippen molar-refractivity contribution in [1.29, 1.82) is 0 Å². The molecule has 0 saturated heterocycles. The summed E-state index contributed by atoms with van der Waals surface area (Å²) in [6.07, 6.45) is 1.67. The number of carbonyl (C=O) groups is 1. The van der Waals surface area contributed by atoms with E-state index in [4.69, 9.17) is 10.5 Å². The Labute approximate surface area is 209 Å². The van der Waals surface area contributed by atoms with Gasteiger partial charge >= 0.3 is 0 Å². The van der Waals surface area contributed by atoms with Crippen LogP contribution >= 0.6 is 0 Å². The Bertz CT molecular complexity index is 1550. The number of carbonyl (C=O) groups excluding carboxylic acids is 1. The van der Waals surface area contributed by atoms with Crippen LogP contribution in [0.2, 0.25) is 0 Å². The van der Waals surface area contributed by atoms with Gasteiger partial charge in [0.15, 0.2) is 5.03 Å². The maximum absolute atomic E-state index is 13.2. The van der Waals surface area contributed by atoms with Crippen LogP contribution in [0.25, 0.3) is 11.3 Å². The lowest BCUT2D eigenvalue weighted by atomic mass is 10.1. The van der Waals surface area contributed by atoms with Gasteiger partial charge in [0.2, 0.25) is 5.88 Å². The van der Waals surface area contributed by atoms with Crippen molar-refractivity contribution in [2.24, 2.45) is 0 Å². The molecular weight excluding hydrogens is 478 g/mol. The number of sulfonamides is 1. The molecule has 0 atom stereocenters. The maximum atomic E-state index is 13.2. The number of amides is 1. The summed E-state index contributed by atoms with van der Waals surface area (Å²) in [7, 11) is -4.29. The Morgan fingerprint density at radius 3 is 2.31 bits per heavy atom. The van der Waals surface area contributed by atoms with Crippen molar-refractivity contribution in [2.45, 2.75) is 32.7 Å². The summed E-state index contributed by atoms with van der Waals surface area (Å²) in [4.78, 5) is 25.8. The van der Waals surface area contributed by atoms with Gasteiger partial charge in [-0.15, -0.1) is 0 Å². The number of hydrogen-bond donors (Lipinski definition) is 2. The number of aryl methyl sites for hydroxylation is 4. The third-order valence-corrected chi connectivity index (χ3v) is 6.60. The first-order valence-electron chi connectivity index (χ1n) is 11.0. The monoisotopic (exact) mass is 503 g/mol. The maximum Gasteiger partial charge on any atom is 0.281 e. The molecule has 3 aromatic heterocycles. The Kier molecular flexibility index (Phi) is 6.71. The number of nitrogen functional groups attached to an aromatic ring is 1. The Morgan fingerprint density at radius 2 is 1.67 bits per heavy atom. The zero-order chi connectivity index (χ0) is 26.0. The van der Waals surface area contributed by atoms with E-state index in [0.717, 1.165) is 22.4 Å². The van der Waals surface area contributed by atoms with Gasteiger partial charge in [-0.1, -0.05) is 23.8 Å². The van der Waals surface area contributed by atoms with Gasteiger partial charge in [0.1, 0.15) is 17.1 Å². The molecule has 0 saturated carbocycles. The molecule has 1 amide bonds. The number of anilines is 1. The van der Waals surface area contributed by atoms with Gasteiger partial charge in [0.05, 0.1) is 5.69 Å². The second-order valence-electron chi connectivity index (χ2n) is 8.40. The minimum atomic E-state index is -4.29. The molecule has 4 aromatic rings. The third kappa shape index (κ3) is 5.33. The summed E-state index contributed by atoms with van der Waals surface area (Å²) < 4.78 is 33.7. The van der Waals surface area contributed by atoms with Gasteiger partial charge in [-0.3, -0.25) is 9.78 Å². The highest BCUT2D eigenvalue weighted by Gasteiger charge is 2.25. The van der Waals surface area contributed by atoms with Crippen molar-refractivity contribution >= 4 is 21.7 Å². The molecule has 36 heavy (non-hydrogen) atoms. The Hall–Kier alpha value is -4.31. The van der Waals surface area contributed by atoms with Crippen molar-refractivity contribution < 1.29 is 17.9 Å². The summed E-state index contributed by atoms with van der Waals surface area (Å²) in [5.41, 5.74) is 10.4. The standard InChI is InChI=1S/C26H25N5O4S/c1-15-12-16(2)24(17(3)13-15)35-26-20(10-11-21(29-26)19-9-8-18(4)28-14-19)25(32)31-36(33,34)23-7-5-6-22(27)30-23/h5-14H,1-4H3,(H2,27,30)(H,31,32). The van der Waals surface area contributed by atoms with Crippen LogP contribution in [0.3, 0.4) is 0 Å². The Morgan fingerprint density at radius 1 is 0.944 bits per heavy atom. The topological polar surface area (TPSA) is 137 Å². The minimum Gasteiger partial charge on any atom is -0.438 e. The van der Waals surface area contributed by atoms with E-state index in [0.29, 0.717) is 17.0 Å². The summed E-state index contributed by atoms with van der Waals surface area (Å²) in [6.45, 7) is 7.62.